The number of nitrogens with one attached hydrogen (secondary N) is 1. The Hall–Kier alpha value is -2.23. The minimum absolute atomic E-state index is 0.0684. The fourth-order valence-electron chi connectivity index (χ4n) is 4.19. The molecule has 1 N–H and O–H groups in total. The smallest absolute Gasteiger partial charge is 0.255 e. The molecule has 0 radical (unpaired) electrons. The average molecular weight is 462 g/mol. The maximum Gasteiger partial charge on any atom is 0.255 e. The van der Waals surface area contributed by atoms with E-state index in [0.717, 1.165) is 32.4 Å². The van der Waals surface area contributed by atoms with Gasteiger partial charge in [-0.05, 0) is 55.7 Å². The highest BCUT2D eigenvalue weighted by molar-refractivity contribution is 7.91. The molecule has 2 aliphatic heterocycles. The first-order valence-electron chi connectivity index (χ1n) is 10.7. The number of likely N-dealkylation sites (tertiary alicyclic amines) is 1. The van der Waals surface area contributed by atoms with E-state index in [0.29, 0.717) is 34.8 Å². The Bertz CT molecular complexity index is 1030. The zero-order valence-electron chi connectivity index (χ0n) is 17.3. The van der Waals surface area contributed by atoms with Crippen molar-refractivity contribution in [2.75, 3.05) is 31.5 Å². The van der Waals surface area contributed by atoms with E-state index in [4.69, 9.17) is 0 Å². The van der Waals surface area contributed by atoms with Crippen LogP contribution in [0.1, 0.15) is 42.5 Å². The summed E-state index contributed by atoms with van der Waals surface area (Å²) in [5.74, 6) is -0.771. The van der Waals surface area contributed by atoms with E-state index < -0.39 is 15.9 Å². The van der Waals surface area contributed by atoms with Crippen molar-refractivity contribution in [1.29, 1.82) is 0 Å². The summed E-state index contributed by atoms with van der Waals surface area (Å²) in [6.07, 6.45) is 4.37. The quantitative estimate of drug-likeness (QED) is 0.739. The number of sulfonamides is 1. The lowest BCUT2D eigenvalue weighted by Crippen LogP contribution is -2.43. The first kappa shape index (κ1) is 22.0. The van der Waals surface area contributed by atoms with Crippen molar-refractivity contribution >= 4 is 38.9 Å². The van der Waals surface area contributed by atoms with Crippen LogP contribution in [0.4, 0.5) is 5.69 Å². The summed E-state index contributed by atoms with van der Waals surface area (Å²) in [5.41, 5.74) is 0.970. The number of hydrogen-bond donors (Lipinski definition) is 1. The van der Waals surface area contributed by atoms with E-state index in [2.05, 4.69) is 5.32 Å². The Kier molecular flexibility index (Phi) is 6.74. The molecule has 2 fully saturated rings. The molecule has 2 saturated heterocycles. The van der Waals surface area contributed by atoms with E-state index in [-0.39, 0.29) is 18.4 Å². The predicted octanol–water partition coefficient (Wildman–Crippen LogP) is 3.41. The van der Waals surface area contributed by atoms with Gasteiger partial charge in [-0.2, -0.15) is 4.31 Å². The number of rotatable bonds is 5. The molecule has 3 heterocycles. The molecule has 31 heavy (non-hydrogen) atoms. The van der Waals surface area contributed by atoms with Gasteiger partial charge in [0.05, 0.1) is 17.2 Å². The minimum Gasteiger partial charge on any atom is -0.339 e. The van der Waals surface area contributed by atoms with Gasteiger partial charge in [-0.25, -0.2) is 8.42 Å². The molecule has 2 aromatic rings. The van der Waals surface area contributed by atoms with Crippen LogP contribution in [-0.4, -0.2) is 55.6 Å². The van der Waals surface area contributed by atoms with E-state index in [9.17, 15) is 18.0 Å². The molecule has 0 unspecified atom stereocenters. The van der Waals surface area contributed by atoms with Crippen molar-refractivity contribution in [2.45, 2.75) is 36.3 Å². The van der Waals surface area contributed by atoms with Gasteiger partial charge in [0.2, 0.25) is 5.91 Å². The number of amides is 2. The van der Waals surface area contributed by atoms with Crippen LogP contribution >= 0.6 is 11.3 Å². The molecule has 0 aliphatic carbocycles. The molecule has 0 saturated carbocycles. The molecule has 166 valence electrons. The van der Waals surface area contributed by atoms with E-state index in [1.54, 1.807) is 41.8 Å². The maximum absolute atomic E-state index is 13.0. The summed E-state index contributed by atoms with van der Waals surface area (Å²) >= 11 is 1.18. The van der Waals surface area contributed by atoms with Crippen LogP contribution < -0.4 is 5.32 Å². The molecular formula is C22H27N3O4S2. The molecule has 9 heteroatoms. The van der Waals surface area contributed by atoms with Crippen molar-refractivity contribution in [1.82, 2.24) is 9.21 Å². The zero-order valence-corrected chi connectivity index (χ0v) is 19.0. The largest absolute Gasteiger partial charge is 0.339 e. The number of anilines is 1. The van der Waals surface area contributed by atoms with Gasteiger partial charge in [-0.1, -0.05) is 18.2 Å². The summed E-state index contributed by atoms with van der Waals surface area (Å²) in [6, 6.07) is 10.4. The number of thiophene rings is 1. The van der Waals surface area contributed by atoms with E-state index >= 15 is 0 Å². The zero-order chi connectivity index (χ0) is 21.8. The van der Waals surface area contributed by atoms with Crippen LogP contribution in [-0.2, 0) is 14.8 Å². The number of carbonyl (C=O) groups is 2. The number of nitrogens with zero attached hydrogens (tertiary/aromatic N) is 2. The number of para-hydroxylation sites is 1. The third-order valence-corrected chi connectivity index (χ3v) is 9.14. The van der Waals surface area contributed by atoms with Gasteiger partial charge in [0.15, 0.2) is 0 Å². The van der Waals surface area contributed by atoms with Crippen LogP contribution in [0, 0.1) is 5.92 Å². The Morgan fingerprint density at radius 2 is 1.74 bits per heavy atom. The highest BCUT2D eigenvalue weighted by Crippen LogP contribution is 2.28. The molecule has 7 nitrogen and oxygen atoms in total. The van der Waals surface area contributed by atoms with Crippen LogP contribution in [0.15, 0.2) is 46.0 Å². The van der Waals surface area contributed by atoms with E-state index in [1.807, 2.05) is 4.90 Å². The van der Waals surface area contributed by atoms with Gasteiger partial charge in [-0.15, -0.1) is 11.3 Å². The summed E-state index contributed by atoms with van der Waals surface area (Å²) in [4.78, 5) is 27.8. The lowest BCUT2D eigenvalue weighted by molar-refractivity contribution is -0.120. The summed E-state index contributed by atoms with van der Waals surface area (Å²) in [5, 5.41) is 4.64. The number of hydrogen-bond acceptors (Lipinski definition) is 5. The molecule has 2 aliphatic rings. The Balaban J connectivity index is 1.47. The first-order chi connectivity index (χ1) is 15.0. The highest BCUT2D eigenvalue weighted by atomic mass is 32.2. The third-order valence-electron chi connectivity index (χ3n) is 5.90. The second kappa shape index (κ2) is 9.50. The van der Waals surface area contributed by atoms with Crippen LogP contribution in [0.25, 0.3) is 0 Å². The van der Waals surface area contributed by atoms with Crippen molar-refractivity contribution < 1.29 is 18.0 Å². The number of carbonyl (C=O) groups excluding carboxylic acids is 2. The lowest BCUT2D eigenvalue weighted by atomic mass is 9.98. The Morgan fingerprint density at radius 1 is 0.968 bits per heavy atom. The van der Waals surface area contributed by atoms with Crippen LogP contribution in [0.2, 0.25) is 0 Å². The number of benzene rings is 1. The topological polar surface area (TPSA) is 86.8 Å². The predicted molar refractivity (Wildman–Crippen MR) is 121 cm³/mol. The van der Waals surface area contributed by atoms with E-state index in [1.165, 1.54) is 15.6 Å². The first-order valence-corrected chi connectivity index (χ1v) is 13.0. The summed E-state index contributed by atoms with van der Waals surface area (Å²) in [6.45, 7) is 2.03. The second-order valence-corrected chi connectivity index (χ2v) is 11.1. The van der Waals surface area contributed by atoms with Gasteiger partial charge in [0, 0.05) is 26.2 Å². The van der Waals surface area contributed by atoms with Crippen molar-refractivity contribution in [3.05, 3.63) is 47.3 Å². The monoisotopic (exact) mass is 461 g/mol. The van der Waals surface area contributed by atoms with Crippen LogP contribution in [0.5, 0.6) is 0 Å². The lowest BCUT2D eigenvalue weighted by Gasteiger charge is -2.31. The Labute approximate surface area is 187 Å². The maximum atomic E-state index is 13.0. The molecule has 2 amide bonds. The Morgan fingerprint density at radius 3 is 2.48 bits per heavy atom. The van der Waals surface area contributed by atoms with Crippen molar-refractivity contribution in [2.24, 2.45) is 5.92 Å². The molecular weight excluding hydrogens is 434 g/mol. The van der Waals surface area contributed by atoms with Gasteiger partial charge in [0.25, 0.3) is 15.9 Å². The molecule has 1 aromatic heterocycles. The molecule has 0 spiro atoms. The van der Waals surface area contributed by atoms with Gasteiger partial charge in [0.1, 0.15) is 4.21 Å². The average Bonchev–Trinajstić information content (AvgIpc) is 3.36. The standard InChI is InChI=1S/C22H27N3O4S2/c26-21(17-8-6-14-25(16-17)31(28,29)20-11-7-15-30-20)23-19-10-3-2-9-18(19)22(27)24-12-4-1-5-13-24/h2-3,7,9-11,15,17H,1,4-6,8,12-14,16H2,(H,23,26)/t17-/m1/s1. The molecule has 1 aromatic carbocycles. The van der Waals surface area contributed by atoms with Gasteiger partial charge < -0.3 is 10.2 Å². The minimum atomic E-state index is -3.58. The highest BCUT2D eigenvalue weighted by Gasteiger charge is 2.34. The van der Waals surface area contributed by atoms with Gasteiger partial charge >= 0.3 is 0 Å². The summed E-state index contributed by atoms with van der Waals surface area (Å²) < 4.78 is 27.4. The fourth-order valence-corrected chi connectivity index (χ4v) is 6.86. The third kappa shape index (κ3) is 4.83. The molecule has 0 bridgehead atoms. The summed E-state index contributed by atoms with van der Waals surface area (Å²) in [7, 11) is -3.58. The van der Waals surface area contributed by atoms with Crippen molar-refractivity contribution in [3.63, 3.8) is 0 Å². The molecule has 4 rings (SSSR count). The normalized spacial score (nSPS) is 20.4. The van der Waals surface area contributed by atoms with Crippen LogP contribution in [0.3, 0.4) is 0 Å². The number of piperidine rings is 2. The fraction of sp³-hybridized carbons (Fsp3) is 0.455. The van der Waals surface area contributed by atoms with Gasteiger partial charge in [-0.3, -0.25) is 9.59 Å². The second-order valence-electron chi connectivity index (χ2n) is 8.02. The SMILES string of the molecule is O=C(Nc1ccccc1C(=O)N1CCCCC1)[C@@H]1CCCN(S(=O)(=O)c2cccs2)C1. The van der Waals surface area contributed by atoms with Crippen molar-refractivity contribution in [3.8, 4) is 0 Å². The molecule has 1 atom stereocenters.